The van der Waals surface area contributed by atoms with Gasteiger partial charge in [-0.1, -0.05) is 5.18 Å². The molecule has 3 heterocycles. The highest BCUT2D eigenvalue weighted by Gasteiger charge is 2.59. The van der Waals surface area contributed by atoms with Crippen LogP contribution in [0.5, 0.6) is 0 Å². The molecule has 3 unspecified atom stereocenters. The van der Waals surface area contributed by atoms with Gasteiger partial charge in [0.25, 0.3) is 0 Å². The van der Waals surface area contributed by atoms with E-state index in [1.54, 1.807) is 0 Å². The lowest BCUT2D eigenvalue weighted by atomic mass is 9.94. The molecule has 126 valence electrons. The second-order valence-corrected chi connectivity index (χ2v) is 5.83. The average molecular weight is 321 g/mol. The zero-order valence-electron chi connectivity index (χ0n) is 11.7. The summed E-state index contributed by atoms with van der Waals surface area (Å²) in [6, 6.07) is -1.29. The van der Waals surface area contributed by atoms with Crippen molar-refractivity contribution in [2.24, 2.45) is 5.18 Å². The molecular weight excluding hydrogens is 302 g/mol. The molecule has 2 spiro atoms. The lowest BCUT2D eigenvalue weighted by molar-refractivity contribution is -0.414. The maximum Gasteiger partial charge on any atom is 0.221 e. The van der Waals surface area contributed by atoms with Crippen LogP contribution >= 0.6 is 0 Å². The number of rotatable bonds is 2. The number of aliphatic hydroxyl groups excluding tert-OH is 4. The van der Waals surface area contributed by atoms with Crippen molar-refractivity contribution in [2.45, 2.75) is 48.5 Å². The standard InChI is InChI=1S/C12H19NO9/c14-2-8-6(15)1-11(22-8)4-21-12(5-20-11)10(17)9(13-18)7(16)3-19-12/h6-10,14-17H,1-5H2/t6?,7-,8-,9?,10?,11-,12+/m1/s1. The van der Waals surface area contributed by atoms with E-state index in [4.69, 9.17) is 24.1 Å². The Morgan fingerprint density at radius 3 is 2.41 bits per heavy atom. The molecule has 0 radical (unpaired) electrons. The fourth-order valence-electron chi connectivity index (χ4n) is 3.01. The monoisotopic (exact) mass is 321 g/mol. The van der Waals surface area contributed by atoms with E-state index in [0.29, 0.717) is 0 Å². The first-order valence-electron chi connectivity index (χ1n) is 7.02. The quantitative estimate of drug-likeness (QED) is 0.404. The maximum absolute atomic E-state index is 10.8. The SMILES string of the molecule is O=NC1C(O)[C@@]2(CO[C@]3(CO2)CC(O)[C@@H](CO)O3)OC[C@H]1O. The number of ether oxygens (including phenoxy) is 4. The van der Waals surface area contributed by atoms with Crippen LogP contribution in [0.2, 0.25) is 0 Å². The van der Waals surface area contributed by atoms with Crippen LogP contribution in [0, 0.1) is 4.91 Å². The molecule has 0 aromatic rings. The molecule has 0 bridgehead atoms. The summed E-state index contributed by atoms with van der Waals surface area (Å²) in [5, 5.41) is 41.4. The number of nitrogens with zero attached hydrogens (tertiary/aromatic N) is 1. The van der Waals surface area contributed by atoms with Crippen molar-refractivity contribution in [2.75, 3.05) is 26.4 Å². The van der Waals surface area contributed by atoms with Crippen LogP contribution in [0.4, 0.5) is 0 Å². The Morgan fingerprint density at radius 1 is 1.09 bits per heavy atom. The molecule has 10 nitrogen and oxygen atoms in total. The van der Waals surface area contributed by atoms with E-state index in [2.05, 4.69) is 5.18 Å². The van der Waals surface area contributed by atoms with Crippen LogP contribution in [0.15, 0.2) is 5.18 Å². The normalized spacial score (nSPS) is 52.3. The number of aliphatic hydroxyl groups is 4. The summed E-state index contributed by atoms with van der Waals surface area (Å²) < 4.78 is 22.0. The Hall–Kier alpha value is -0.720. The zero-order valence-corrected chi connectivity index (χ0v) is 11.7. The van der Waals surface area contributed by atoms with Crippen molar-refractivity contribution >= 4 is 0 Å². The Balaban J connectivity index is 1.70. The van der Waals surface area contributed by atoms with Crippen molar-refractivity contribution in [1.29, 1.82) is 0 Å². The topological polar surface area (TPSA) is 147 Å². The lowest BCUT2D eigenvalue weighted by Crippen LogP contribution is -2.67. The first kappa shape index (κ1) is 16.1. The van der Waals surface area contributed by atoms with E-state index in [1.807, 2.05) is 0 Å². The molecule has 3 aliphatic rings. The molecule has 22 heavy (non-hydrogen) atoms. The summed E-state index contributed by atoms with van der Waals surface area (Å²) in [6.45, 7) is -1.02. The Kier molecular flexibility index (Phi) is 4.20. The van der Waals surface area contributed by atoms with Crippen LogP contribution < -0.4 is 0 Å². The molecule has 7 atom stereocenters. The summed E-state index contributed by atoms with van der Waals surface area (Å²) in [5.74, 6) is -2.85. The molecular formula is C12H19NO9. The van der Waals surface area contributed by atoms with Crippen molar-refractivity contribution in [3.05, 3.63) is 4.91 Å². The maximum atomic E-state index is 10.8. The van der Waals surface area contributed by atoms with Gasteiger partial charge in [-0.25, -0.2) is 0 Å². The minimum Gasteiger partial charge on any atom is -0.394 e. The molecule has 0 aromatic heterocycles. The molecule has 3 rings (SSSR count). The van der Waals surface area contributed by atoms with Crippen molar-refractivity contribution in [3.63, 3.8) is 0 Å². The van der Waals surface area contributed by atoms with Gasteiger partial charge in [-0.3, -0.25) is 0 Å². The molecule has 0 amide bonds. The molecule has 3 saturated heterocycles. The first-order valence-corrected chi connectivity index (χ1v) is 7.02. The third-order valence-electron chi connectivity index (χ3n) is 4.36. The van der Waals surface area contributed by atoms with Crippen molar-refractivity contribution in [1.82, 2.24) is 0 Å². The predicted molar refractivity (Wildman–Crippen MR) is 67.5 cm³/mol. The minimum atomic E-state index is -1.62. The van der Waals surface area contributed by atoms with Crippen LogP contribution in [0.1, 0.15) is 6.42 Å². The highest BCUT2D eigenvalue weighted by Crippen LogP contribution is 2.41. The molecule has 3 fully saturated rings. The van der Waals surface area contributed by atoms with Crippen molar-refractivity contribution < 1.29 is 39.4 Å². The van der Waals surface area contributed by atoms with Gasteiger partial charge < -0.3 is 39.4 Å². The second-order valence-electron chi connectivity index (χ2n) is 5.83. The Bertz CT molecular complexity index is 425. The fraction of sp³-hybridized carbons (Fsp3) is 1.00. The predicted octanol–water partition coefficient (Wildman–Crippen LogP) is -2.55. The van der Waals surface area contributed by atoms with Crippen LogP contribution in [0.25, 0.3) is 0 Å². The van der Waals surface area contributed by atoms with E-state index in [-0.39, 0.29) is 32.8 Å². The van der Waals surface area contributed by atoms with Gasteiger partial charge in [0.2, 0.25) is 5.79 Å². The molecule has 0 aromatic carbocycles. The number of hydrogen-bond donors (Lipinski definition) is 4. The van der Waals surface area contributed by atoms with E-state index in [9.17, 15) is 20.2 Å². The molecule has 0 saturated carbocycles. The number of hydrogen-bond acceptors (Lipinski definition) is 10. The third kappa shape index (κ3) is 2.45. The molecule has 3 aliphatic heterocycles. The second kappa shape index (κ2) is 5.73. The van der Waals surface area contributed by atoms with E-state index in [0.717, 1.165) is 0 Å². The van der Waals surface area contributed by atoms with Gasteiger partial charge >= 0.3 is 0 Å². The Labute approximate surface area is 125 Å². The Morgan fingerprint density at radius 2 is 1.86 bits per heavy atom. The van der Waals surface area contributed by atoms with E-state index >= 15 is 0 Å². The van der Waals surface area contributed by atoms with E-state index < -0.39 is 42.0 Å². The van der Waals surface area contributed by atoms with Crippen LogP contribution in [-0.2, 0) is 18.9 Å². The smallest absolute Gasteiger partial charge is 0.221 e. The lowest BCUT2D eigenvalue weighted by Gasteiger charge is -2.49. The molecule has 0 aliphatic carbocycles. The first-order chi connectivity index (χ1) is 10.5. The number of nitroso groups, excluding NO2 is 1. The summed E-state index contributed by atoms with van der Waals surface area (Å²) >= 11 is 0. The summed E-state index contributed by atoms with van der Waals surface area (Å²) in [7, 11) is 0. The zero-order chi connectivity index (χ0) is 16.0. The van der Waals surface area contributed by atoms with Gasteiger partial charge in [0.05, 0.1) is 19.3 Å². The van der Waals surface area contributed by atoms with Crippen LogP contribution in [0.3, 0.4) is 0 Å². The average Bonchev–Trinajstić information content (AvgIpc) is 2.83. The van der Waals surface area contributed by atoms with Gasteiger partial charge in [-0.2, -0.15) is 4.91 Å². The largest absolute Gasteiger partial charge is 0.394 e. The van der Waals surface area contributed by atoms with Crippen molar-refractivity contribution in [3.8, 4) is 0 Å². The third-order valence-corrected chi connectivity index (χ3v) is 4.36. The molecule has 4 N–H and O–H groups in total. The van der Waals surface area contributed by atoms with Gasteiger partial charge in [-0.15, -0.1) is 0 Å². The minimum absolute atomic E-state index is 0.0996. The summed E-state index contributed by atoms with van der Waals surface area (Å²) in [6.07, 6.45) is -4.29. The summed E-state index contributed by atoms with van der Waals surface area (Å²) in [5.41, 5.74) is 0. The molecule has 10 heteroatoms. The van der Waals surface area contributed by atoms with Gasteiger partial charge in [0.15, 0.2) is 11.8 Å². The van der Waals surface area contributed by atoms with E-state index in [1.165, 1.54) is 0 Å². The fourth-order valence-corrected chi connectivity index (χ4v) is 3.01. The van der Waals surface area contributed by atoms with Crippen LogP contribution in [-0.4, -0.2) is 88.9 Å². The van der Waals surface area contributed by atoms with Gasteiger partial charge in [0, 0.05) is 6.42 Å². The van der Waals surface area contributed by atoms with Gasteiger partial charge in [0.1, 0.15) is 31.5 Å². The highest BCUT2D eigenvalue weighted by molar-refractivity contribution is 5.00. The van der Waals surface area contributed by atoms with Gasteiger partial charge in [-0.05, 0) is 0 Å². The summed E-state index contributed by atoms with van der Waals surface area (Å²) in [4.78, 5) is 10.8. The highest BCUT2D eigenvalue weighted by atomic mass is 16.8.